The molecule has 30 heavy (non-hydrogen) atoms. The van der Waals surface area contributed by atoms with E-state index < -0.39 is 0 Å². The second-order valence-corrected chi connectivity index (χ2v) is 8.17. The minimum Gasteiger partial charge on any atom is -0.274 e. The van der Waals surface area contributed by atoms with Crippen molar-refractivity contribution in [1.29, 1.82) is 0 Å². The lowest BCUT2D eigenvalue weighted by molar-refractivity contribution is 0.0651. The van der Waals surface area contributed by atoms with Gasteiger partial charge in [-0.05, 0) is 60.0 Å². The number of carbonyl (C=O) groups is 2. The molecule has 0 bridgehead atoms. The fraction of sp³-hybridized carbons (Fsp3) is 0.318. The highest BCUT2D eigenvalue weighted by atomic mass is 79.9. The summed E-state index contributed by atoms with van der Waals surface area (Å²) in [6.07, 6.45) is 5.43. The van der Waals surface area contributed by atoms with Crippen LogP contribution in [0.5, 0.6) is 0 Å². The zero-order valence-corrected chi connectivity index (χ0v) is 18.3. The summed E-state index contributed by atoms with van der Waals surface area (Å²) in [4.78, 5) is 34.9. The minimum absolute atomic E-state index is 0.178. The Morgan fingerprint density at radius 2 is 1.57 bits per heavy atom. The van der Waals surface area contributed by atoms with E-state index in [1.807, 2.05) is 23.7 Å². The van der Waals surface area contributed by atoms with Crippen LogP contribution in [0, 0.1) is 6.92 Å². The molecule has 0 spiro atoms. The fourth-order valence-electron chi connectivity index (χ4n) is 3.53. The van der Waals surface area contributed by atoms with Gasteiger partial charge < -0.3 is 0 Å². The molecule has 1 aromatic carbocycles. The van der Waals surface area contributed by atoms with E-state index in [1.54, 1.807) is 30.6 Å². The molecule has 1 aliphatic rings. The van der Waals surface area contributed by atoms with E-state index in [0.29, 0.717) is 23.5 Å². The Balaban J connectivity index is 1.20. The molecular weight excluding hydrogens is 446 g/mol. The van der Waals surface area contributed by atoms with Crippen molar-refractivity contribution in [2.45, 2.75) is 39.2 Å². The number of nitrogens with zero attached hydrogens (tertiary/aromatic N) is 5. The van der Waals surface area contributed by atoms with Crippen molar-refractivity contribution >= 4 is 27.7 Å². The summed E-state index contributed by atoms with van der Waals surface area (Å²) in [5.74, 6) is 0.265. The summed E-state index contributed by atoms with van der Waals surface area (Å²) < 4.78 is 2.80. The van der Waals surface area contributed by atoms with E-state index in [4.69, 9.17) is 0 Å². The maximum atomic E-state index is 12.3. The van der Waals surface area contributed by atoms with Crippen LogP contribution < -0.4 is 0 Å². The normalized spacial score (nSPS) is 13.2. The van der Waals surface area contributed by atoms with Crippen LogP contribution in [0.4, 0.5) is 0 Å². The predicted octanol–water partition coefficient (Wildman–Crippen LogP) is 4.27. The first-order valence-electron chi connectivity index (χ1n) is 10.0. The molecule has 0 N–H and O–H groups in total. The Morgan fingerprint density at radius 3 is 2.23 bits per heavy atom. The Labute approximate surface area is 183 Å². The maximum absolute atomic E-state index is 12.3. The predicted molar refractivity (Wildman–Crippen MR) is 116 cm³/mol. The highest BCUT2D eigenvalue weighted by molar-refractivity contribution is 9.10. The lowest BCUT2D eigenvalue weighted by atomic mass is 10.1. The van der Waals surface area contributed by atoms with Gasteiger partial charge in [-0.2, -0.15) is 0 Å². The number of fused-ring (bicyclic) bond motifs is 1. The quantitative estimate of drug-likeness (QED) is 0.365. The van der Waals surface area contributed by atoms with Crippen LogP contribution in [0.15, 0.2) is 47.2 Å². The summed E-state index contributed by atoms with van der Waals surface area (Å²) in [5, 5.41) is 4.51. The van der Waals surface area contributed by atoms with Crippen molar-refractivity contribution in [1.82, 2.24) is 24.6 Å². The topological polar surface area (TPSA) is 81.0 Å². The number of halogens is 1. The summed E-state index contributed by atoms with van der Waals surface area (Å²) in [6, 6.07) is 10.9. The van der Waals surface area contributed by atoms with Crippen LogP contribution in [0.1, 0.15) is 52.1 Å². The highest BCUT2D eigenvalue weighted by Gasteiger charge is 2.34. The van der Waals surface area contributed by atoms with Gasteiger partial charge >= 0.3 is 0 Å². The zero-order valence-electron chi connectivity index (χ0n) is 16.7. The van der Waals surface area contributed by atoms with Gasteiger partial charge in [0, 0.05) is 17.6 Å². The molecule has 4 rings (SSSR count). The Kier molecular flexibility index (Phi) is 6.03. The van der Waals surface area contributed by atoms with Gasteiger partial charge in [-0.3, -0.25) is 19.2 Å². The summed E-state index contributed by atoms with van der Waals surface area (Å²) in [5.41, 5.74) is 2.69. The van der Waals surface area contributed by atoms with E-state index in [9.17, 15) is 9.59 Å². The van der Waals surface area contributed by atoms with Crippen LogP contribution in [0.2, 0.25) is 0 Å². The summed E-state index contributed by atoms with van der Waals surface area (Å²) in [6.45, 7) is 3.18. The second kappa shape index (κ2) is 8.87. The molecule has 0 aliphatic carbocycles. The number of unbranched alkanes of at least 4 members (excludes halogenated alkanes) is 3. The van der Waals surface area contributed by atoms with Crippen molar-refractivity contribution in [2.75, 3.05) is 6.54 Å². The molecule has 0 fully saturated rings. The van der Waals surface area contributed by atoms with Crippen LogP contribution in [0.25, 0.3) is 11.5 Å². The largest absolute Gasteiger partial charge is 0.274 e. The Hall–Kier alpha value is -2.87. The third-order valence-corrected chi connectivity index (χ3v) is 6.02. The lowest BCUT2D eigenvalue weighted by Crippen LogP contribution is -2.30. The van der Waals surface area contributed by atoms with Gasteiger partial charge in [-0.1, -0.05) is 25.0 Å². The first kappa shape index (κ1) is 20.4. The molecular formula is C22H22BrN5O2. The average molecular weight is 468 g/mol. The average Bonchev–Trinajstić information content (AvgIpc) is 3.31. The monoisotopic (exact) mass is 467 g/mol. The van der Waals surface area contributed by atoms with Gasteiger partial charge in [-0.25, -0.2) is 9.97 Å². The maximum Gasteiger partial charge on any atom is 0.261 e. The van der Waals surface area contributed by atoms with Crippen molar-refractivity contribution < 1.29 is 9.59 Å². The molecule has 8 heteroatoms. The number of benzene rings is 1. The number of aromatic nitrogens is 4. The first-order chi connectivity index (χ1) is 14.5. The van der Waals surface area contributed by atoms with Gasteiger partial charge in [0.1, 0.15) is 12.0 Å². The van der Waals surface area contributed by atoms with Crippen molar-refractivity contribution in [3.63, 3.8) is 0 Å². The molecule has 0 saturated carbocycles. The van der Waals surface area contributed by atoms with Gasteiger partial charge in [0.05, 0.1) is 16.8 Å². The SMILES string of the molecule is Cc1nc(-c2ncn(CCCCCCN3C(=O)c4ccccc4C3=O)n2)ccc1Br. The molecule has 154 valence electrons. The van der Waals surface area contributed by atoms with Crippen molar-refractivity contribution in [3.8, 4) is 11.5 Å². The smallest absolute Gasteiger partial charge is 0.261 e. The Morgan fingerprint density at radius 1 is 0.900 bits per heavy atom. The second-order valence-electron chi connectivity index (χ2n) is 7.32. The molecule has 0 unspecified atom stereocenters. The van der Waals surface area contributed by atoms with E-state index in [0.717, 1.165) is 48.1 Å². The zero-order chi connectivity index (χ0) is 21.1. The van der Waals surface area contributed by atoms with Crippen LogP contribution in [-0.2, 0) is 6.54 Å². The summed E-state index contributed by atoms with van der Waals surface area (Å²) in [7, 11) is 0. The number of pyridine rings is 1. The fourth-order valence-corrected chi connectivity index (χ4v) is 3.75. The van der Waals surface area contributed by atoms with Gasteiger partial charge in [0.25, 0.3) is 11.8 Å². The van der Waals surface area contributed by atoms with Crippen molar-refractivity contribution in [2.24, 2.45) is 0 Å². The molecule has 2 aromatic heterocycles. The van der Waals surface area contributed by atoms with Gasteiger partial charge in [-0.15, -0.1) is 5.10 Å². The number of carbonyl (C=O) groups excluding carboxylic acids is 2. The number of imide groups is 1. The molecule has 3 heterocycles. The van der Waals surface area contributed by atoms with E-state index in [2.05, 4.69) is 31.0 Å². The van der Waals surface area contributed by atoms with Crippen LogP contribution in [-0.4, -0.2) is 43.0 Å². The number of hydrogen-bond acceptors (Lipinski definition) is 5. The van der Waals surface area contributed by atoms with Crippen LogP contribution in [0.3, 0.4) is 0 Å². The molecule has 2 amide bonds. The first-order valence-corrected chi connectivity index (χ1v) is 10.8. The molecule has 7 nitrogen and oxygen atoms in total. The number of aryl methyl sites for hydroxylation is 2. The minimum atomic E-state index is -0.178. The van der Waals surface area contributed by atoms with Crippen LogP contribution >= 0.6 is 15.9 Å². The van der Waals surface area contributed by atoms with E-state index in [1.165, 1.54) is 4.90 Å². The lowest BCUT2D eigenvalue weighted by Gasteiger charge is -2.13. The standard InChI is InChI=1S/C22H22BrN5O2/c1-15-18(23)10-11-19(25-15)20-24-14-27(26-20)12-6-2-3-7-13-28-21(29)16-8-4-5-9-17(16)22(28)30/h4-5,8-11,14H,2-3,6-7,12-13H2,1H3. The third-order valence-electron chi connectivity index (χ3n) is 5.18. The summed E-state index contributed by atoms with van der Waals surface area (Å²) >= 11 is 3.45. The van der Waals surface area contributed by atoms with E-state index in [-0.39, 0.29) is 11.8 Å². The third kappa shape index (κ3) is 4.18. The highest BCUT2D eigenvalue weighted by Crippen LogP contribution is 2.23. The Bertz CT molecular complexity index is 1060. The molecule has 0 radical (unpaired) electrons. The molecule has 3 aromatic rings. The molecule has 1 aliphatic heterocycles. The number of hydrogen-bond donors (Lipinski definition) is 0. The number of amides is 2. The molecule has 0 atom stereocenters. The number of rotatable bonds is 8. The van der Waals surface area contributed by atoms with Gasteiger partial charge in [0.2, 0.25) is 0 Å². The molecule has 0 saturated heterocycles. The van der Waals surface area contributed by atoms with Crippen molar-refractivity contribution in [3.05, 3.63) is 64.0 Å². The van der Waals surface area contributed by atoms with Gasteiger partial charge in [0.15, 0.2) is 5.82 Å². The van der Waals surface area contributed by atoms with E-state index >= 15 is 0 Å².